The second kappa shape index (κ2) is 9.90. The van der Waals surface area contributed by atoms with Crippen LogP contribution in [0.4, 0.5) is 11.4 Å². The van der Waals surface area contributed by atoms with Crippen LogP contribution in [0.3, 0.4) is 0 Å². The van der Waals surface area contributed by atoms with Gasteiger partial charge in [0.1, 0.15) is 0 Å². The Labute approximate surface area is 173 Å². The lowest BCUT2D eigenvalue weighted by Gasteiger charge is -2.19. The first-order chi connectivity index (χ1) is 14.0. The van der Waals surface area contributed by atoms with Crippen molar-refractivity contribution < 1.29 is 14.4 Å². The first kappa shape index (κ1) is 21.3. The van der Waals surface area contributed by atoms with E-state index in [9.17, 15) is 14.4 Å². The maximum atomic E-state index is 12.7. The minimum atomic E-state index is -0.538. The number of carbonyl (C=O) groups is 3. The highest BCUT2D eigenvalue weighted by molar-refractivity contribution is 6.02. The van der Waals surface area contributed by atoms with E-state index in [-0.39, 0.29) is 23.7 Å². The van der Waals surface area contributed by atoms with Crippen molar-refractivity contribution in [3.63, 3.8) is 0 Å². The first-order valence-corrected chi connectivity index (χ1v) is 11.1. The number of hydrogen-bond acceptors (Lipinski definition) is 3. The molecule has 2 saturated carbocycles. The predicted molar refractivity (Wildman–Crippen MR) is 115 cm³/mol. The van der Waals surface area contributed by atoms with Gasteiger partial charge in [-0.2, -0.15) is 0 Å². The summed E-state index contributed by atoms with van der Waals surface area (Å²) in [4.78, 5) is 37.5. The summed E-state index contributed by atoms with van der Waals surface area (Å²) < 4.78 is 0. The van der Waals surface area contributed by atoms with Gasteiger partial charge in [0.25, 0.3) is 0 Å². The predicted octanol–water partition coefficient (Wildman–Crippen LogP) is 4.39. The zero-order valence-corrected chi connectivity index (χ0v) is 17.4. The molecule has 3 rings (SSSR count). The molecular weight excluding hydrogens is 366 g/mol. The maximum absolute atomic E-state index is 12.7. The molecule has 2 aliphatic carbocycles. The number of hydrogen-bond donors (Lipinski definition) is 3. The number of anilines is 2. The van der Waals surface area contributed by atoms with Crippen LogP contribution >= 0.6 is 0 Å². The van der Waals surface area contributed by atoms with Gasteiger partial charge in [0.15, 0.2) is 0 Å². The van der Waals surface area contributed by atoms with E-state index in [1.165, 1.54) is 0 Å². The van der Waals surface area contributed by atoms with Crippen molar-refractivity contribution in [2.75, 3.05) is 10.6 Å². The number of benzene rings is 1. The minimum Gasteiger partial charge on any atom is -0.366 e. The topological polar surface area (TPSA) is 101 Å². The SMILES string of the molecule is CCCCc1c(NC(=O)C2CCCC2)cc(NC(=O)C2CCCC2)cc1C(N)=O. The van der Waals surface area contributed by atoms with E-state index in [0.717, 1.165) is 69.8 Å². The lowest BCUT2D eigenvalue weighted by atomic mass is 9.97. The molecule has 4 N–H and O–H groups in total. The molecule has 0 aliphatic heterocycles. The molecule has 0 heterocycles. The Bertz CT molecular complexity index is 763. The van der Waals surface area contributed by atoms with Gasteiger partial charge in [-0.05, 0) is 56.2 Å². The molecule has 0 saturated heterocycles. The van der Waals surface area contributed by atoms with Crippen molar-refractivity contribution >= 4 is 29.1 Å². The largest absolute Gasteiger partial charge is 0.366 e. The summed E-state index contributed by atoms with van der Waals surface area (Å²) in [6, 6.07) is 3.45. The van der Waals surface area contributed by atoms with E-state index in [2.05, 4.69) is 17.6 Å². The van der Waals surface area contributed by atoms with E-state index in [0.29, 0.717) is 23.4 Å². The average Bonchev–Trinajstić information content (AvgIpc) is 3.40. The highest BCUT2D eigenvalue weighted by atomic mass is 16.2. The van der Waals surface area contributed by atoms with Crippen LogP contribution in [0.1, 0.15) is 87.1 Å². The lowest BCUT2D eigenvalue weighted by Crippen LogP contribution is -2.24. The summed E-state index contributed by atoms with van der Waals surface area (Å²) >= 11 is 0. The fraction of sp³-hybridized carbons (Fsp3) is 0.609. The zero-order chi connectivity index (χ0) is 20.8. The Hall–Kier alpha value is -2.37. The second-order valence-corrected chi connectivity index (χ2v) is 8.46. The Morgan fingerprint density at radius 2 is 1.48 bits per heavy atom. The lowest BCUT2D eigenvalue weighted by molar-refractivity contribution is -0.120. The Morgan fingerprint density at radius 1 is 0.931 bits per heavy atom. The third-order valence-electron chi connectivity index (χ3n) is 6.27. The molecule has 0 radical (unpaired) electrons. The van der Waals surface area contributed by atoms with Gasteiger partial charge in [-0.15, -0.1) is 0 Å². The molecule has 0 aromatic heterocycles. The van der Waals surface area contributed by atoms with Crippen LogP contribution in [-0.2, 0) is 16.0 Å². The van der Waals surface area contributed by atoms with Crippen molar-refractivity contribution in [1.82, 2.24) is 0 Å². The van der Waals surface area contributed by atoms with E-state index in [1.54, 1.807) is 12.1 Å². The Morgan fingerprint density at radius 3 is 2.00 bits per heavy atom. The summed E-state index contributed by atoms with van der Waals surface area (Å²) in [5.41, 5.74) is 7.94. The molecule has 1 aromatic rings. The highest BCUT2D eigenvalue weighted by Gasteiger charge is 2.26. The molecule has 2 fully saturated rings. The van der Waals surface area contributed by atoms with Gasteiger partial charge in [0.05, 0.1) is 0 Å². The molecule has 0 atom stereocenters. The third kappa shape index (κ3) is 5.37. The quantitative estimate of drug-likeness (QED) is 0.604. The summed E-state index contributed by atoms with van der Waals surface area (Å²) in [6.45, 7) is 2.08. The molecular formula is C23H33N3O3. The van der Waals surface area contributed by atoms with Crippen molar-refractivity contribution in [2.24, 2.45) is 17.6 Å². The monoisotopic (exact) mass is 399 g/mol. The van der Waals surface area contributed by atoms with Crippen molar-refractivity contribution in [3.8, 4) is 0 Å². The molecule has 29 heavy (non-hydrogen) atoms. The van der Waals surface area contributed by atoms with E-state index in [1.807, 2.05) is 0 Å². The summed E-state index contributed by atoms with van der Waals surface area (Å²) in [5, 5.41) is 5.99. The minimum absolute atomic E-state index is 0.00469. The first-order valence-electron chi connectivity index (χ1n) is 11.1. The second-order valence-electron chi connectivity index (χ2n) is 8.46. The summed E-state index contributed by atoms with van der Waals surface area (Å²) in [7, 11) is 0. The standard InChI is InChI=1S/C23H33N3O3/c1-2-3-12-18-19(21(24)27)13-17(25-22(28)15-8-4-5-9-15)14-20(18)26-23(29)16-10-6-7-11-16/h13-16H,2-12H2,1H3,(H2,24,27)(H,25,28)(H,26,29). The van der Waals surface area contributed by atoms with Crippen LogP contribution in [0.25, 0.3) is 0 Å². The number of unbranched alkanes of at least 4 members (excludes halogenated alkanes) is 1. The molecule has 3 amide bonds. The fourth-order valence-electron chi connectivity index (χ4n) is 4.55. The van der Waals surface area contributed by atoms with Gasteiger partial charge < -0.3 is 16.4 Å². The summed E-state index contributed by atoms with van der Waals surface area (Å²) in [6.07, 6.45) is 10.4. The molecule has 6 heteroatoms. The molecule has 158 valence electrons. The van der Waals surface area contributed by atoms with Gasteiger partial charge in [0.2, 0.25) is 17.7 Å². The fourth-order valence-corrected chi connectivity index (χ4v) is 4.55. The van der Waals surface area contributed by atoms with Crippen molar-refractivity contribution in [3.05, 3.63) is 23.3 Å². The van der Waals surface area contributed by atoms with Crippen LogP contribution < -0.4 is 16.4 Å². The average molecular weight is 400 g/mol. The van der Waals surface area contributed by atoms with E-state index in [4.69, 9.17) is 5.73 Å². The zero-order valence-electron chi connectivity index (χ0n) is 17.4. The molecule has 0 bridgehead atoms. The normalized spacial score (nSPS) is 17.4. The molecule has 6 nitrogen and oxygen atoms in total. The van der Waals surface area contributed by atoms with Gasteiger partial charge in [-0.1, -0.05) is 39.0 Å². The third-order valence-corrected chi connectivity index (χ3v) is 6.27. The molecule has 2 aliphatic rings. The van der Waals surface area contributed by atoms with Crippen LogP contribution in [0.2, 0.25) is 0 Å². The van der Waals surface area contributed by atoms with E-state index >= 15 is 0 Å². The number of amides is 3. The Balaban J connectivity index is 1.89. The number of carbonyl (C=O) groups excluding carboxylic acids is 3. The van der Waals surface area contributed by atoms with Crippen molar-refractivity contribution in [2.45, 2.75) is 77.6 Å². The molecule has 0 spiro atoms. The van der Waals surface area contributed by atoms with E-state index < -0.39 is 5.91 Å². The number of nitrogens with two attached hydrogens (primary N) is 1. The smallest absolute Gasteiger partial charge is 0.249 e. The van der Waals surface area contributed by atoms with Crippen LogP contribution in [-0.4, -0.2) is 17.7 Å². The van der Waals surface area contributed by atoms with Crippen molar-refractivity contribution in [1.29, 1.82) is 0 Å². The maximum Gasteiger partial charge on any atom is 0.249 e. The van der Waals surface area contributed by atoms with Gasteiger partial charge in [-0.3, -0.25) is 14.4 Å². The molecule has 0 unspecified atom stereocenters. The van der Waals surface area contributed by atoms with Gasteiger partial charge >= 0.3 is 0 Å². The highest BCUT2D eigenvalue weighted by Crippen LogP contribution is 2.32. The molecule has 1 aromatic carbocycles. The number of primary amides is 1. The Kier molecular flexibility index (Phi) is 7.29. The number of rotatable bonds is 8. The summed E-state index contributed by atoms with van der Waals surface area (Å²) in [5.74, 6) is -0.530. The van der Waals surface area contributed by atoms with Gasteiger partial charge in [0, 0.05) is 28.8 Å². The van der Waals surface area contributed by atoms with Crippen LogP contribution in [0.15, 0.2) is 12.1 Å². The van der Waals surface area contributed by atoms with Gasteiger partial charge in [-0.25, -0.2) is 0 Å². The van der Waals surface area contributed by atoms with Crippen LogP contribution in [0.5, 0.6) is 0 Å². The van der Waals surface area contributed by atoms with Crippen LogP contribution in [0, 0.1) is 11.8 Å². The number of nitrogens with one attached hydrogen (secondary N) is 2.